The molecule has 0 aliphatic carbocycles. The molecule has 0 aliphatic heterocycles. The molecule has 1 heterocycles. The van der Waals surface area contributed by atoms with E-state index in [1.54, 1.807) is 31.2 Å². The number of hydrogen-bond donors (Lipinski definition) is 1. The Labute approximate surface area is 182 Å². The van der Waals surface area contributed by atoms with Crippen molar-refractivity contribution in [3.63, 3.8) is 0 Å². The maximum Gasteiger partial charge on any atom is 1.00 e. The summed E-state index contributed by atoms with van der Waals surface area (Å²) in [4.78, 5) is -0.406. The van der Waals surface area contributed by atoms with E-state index in [1.165, 1.54) is 6.07 Å². The second kappa shape index (κ2) is 8.51. The number of hydrogen-bond acceptors (Lipinski definition) is 6. The Morgan fingerprint density at radius 3 is 2.44 bits per heavy atom. The number of aromatic nitrogens is 2. The van der Waals surface area contributed by atoms with E-state index in [2.05, 4.69) is 15.3 Å². The fraction of sp³-hybridized carbons (Fsp3) is 0.0625. The molecule has 8 nitrogen and oxygen atoms in total. The van der Waals surface area contributed by atoms with Gasteiger partial charge in [0.2, 0.25) is 0 Å². The second-order valence-corrected chi connectivity index (χ2v) is 7.10. The average molecular weight is 415 g/mol. The van der Waals surface area contributed by atoms with Gasteiger partial charge in [0.05, 0.1) is 27.0 Å². The van der Waals surface area contributed by atoms with Crippen LogP contribution >= 0.6 is 11.6 Å². The van der Waals surface area contributed by atoms with Crippen LogP contribution in [-0.4, -0.2) is 22.8 Å². The molecule has 3 rings (SSSR count). The van der Waals surface area contributed by atoms with E-state index in [-0.39, 0.29) is 46.0 Å². The molecule has 134 valence electrons. The third kappa shape index (κ3) is 4.75. The summed E-state index contributed by atoms with van der Waals surface area (Å²) in [6, 6.07) is 12.3. The zero-order valence-electron chi connectivity index (χ0n) is 14.4. The molecular formula is C16H12ClN4NaO4S. The topological polar surface area (TPSA) is 120 Å². The Morgan fingerprint density at radius 1 is 1.15 bits per heavy atom. The van der Waals surface area contributed by atoms with Crippen LogP contribution in [0.3, 0.4) is 0 Å². The van der Waals surface area contributed by atoms with Crippen LogP contribution in [0.25, 0.3) is 5.69 Å². The standard InChI is InChI=1S/C16H13ClN4O4S.Na/c1-10-15(19-18-11-5-3-2-4-6-11)16(22)21(20-10)14-9-12(26(23,24)25)7-8-13(14)17;/h2-9,22H,1H3,(H,23,24,25);/q;+1/p-1. The predicted octanol–water partition coefficient (Wildman–Crippen LogP) is 0.574. The monoisotopic (exact) mass is 414 g/mol. The molecule has 0 radical (unpaired) electrons. The van der Waals surface area contributed by atoms with Crippen LogP contribution in [0.2, 0.25) is 5.02 Å². The molecular weight excluding hydrogens is 403 g/mol. The van der Waals surface area contributed by atoms with Crippen molar-refractivity contribution in [1.29, 1.82) is 0 Å². The van der Waals surface area contributed by atoms with Crippen molar-refractivity contribution in [2.24, 2.45) is 10.2 Å². The minimum absolute atomic E-state index is 0. The molecule has 0 fully saturated rings. The first-order chi connectivity index (χ1) is 12.3. The van der Waals surface area contributed by atoms with Crippen molar-refractivity contribution in [2.45, 2.75) is 11.8 Å². The molecule has 0 saturated heterocycles. The van der Waals surface area contributed by atoms with Gasteiger partial charge < -0.3 is 5.11 Å². The summed E-state index contributed by atoms with van der Waals surface area (Å²) in [7, 11) is -4.46. The minimum atomic E-state index is -4.46. The van der Waals surface area contributed by atoms with Gasteiger partial charge in [-0.05, 0) is 37.3 Å². The zero-order chi connectivity index (χ0) is 18.9. The van der Waals surface area contributed by atoms with Crippen molar-refractivity contribution >= 4 is 33.1 Å². The molecule has 0 spiro atoms. The van der Waals surface area contributed by atoms with Crippen LogP contribution in [0.5, 0.6) is 5.88 Å². The Hall–Kier alpha value is -1.75. The largest absolute Gasteiger partial charge is 1.00 e. The Bertz CT molecular complexity index is 1100. The number of benzene rings is 2. The number of rotatable bonds is 4. The fourth-order valence-corrected chi connectivity index (χ4v) is 2.89. The summed E-state index contributed by atoms with van der Waals surface area (Å²) >= 11 is 6.06. The van der Waals surface area contributed by atoms with Crippen LogP contribution in [-0.2, 0) is 10.1 Å². The van der Waals surface area contributed by atoms with Crippen molar-refractivity contribution in [2.75, 3.05) is 0 Å². The molecule has 3 aromatic rings. The van der Waals surface area contributed by atoms with Crippen LogP contribution < -0.4 is 34.7 Å². The van der Waals surface area contributed by atoms with Gasteiger partial charge in [0.25, 0.3) is 10.1 Å². The van der Waals surface area contributed by atoms with Gasteiger partial charge in [-0.15, -0.1) is 5.11 Å². The molecule has 0 bridgehead atoms. The molecule has 0 amide bonds. The Kier molecular flexibility index (Phi) is 6.79. The normalized spacial score (nSPS) is 11.5. The van der Waals surface area contributed by atoms with Gasteiger partial charge in [-0.2, -0.15) is 18.6 Å². The van der Waals surface area contributed by atoms with E-state index in [4.69, 9.17) is 11.6 Å². The van der Waals surface area contributed by atoms with Crippen molar-refractivity contribution < 1.29 is 47.6 Å². The Balaban J connectivity index is 0.00000261. The van der Waals surface area contributed by atoms with Gasteiger partial charge >= 0.3 is 29.6 Å². The number of nitrogens with zero attached hydrogens (tertiary/aromatic N) is 4. The SMILES string of the molecule is Cc1nn(-c2cc(S(=O)(=O)O)ccc2Cl)c([O-])c1N=Nc1ccccc1.[Na+]. The van der Waals surface area contributed by atoms with Crippen LogP contribution in [0.15, 0.2) is 63.7 Å². The fourth-order valence-electron chi connectivity index (χ4n) is 2.19. The number of halogens is 1. The van der Waals surface area contributed by atoms with Crippen LogP contribution in [0, 0.1) is 6.92 Å². The molecule has 11 heteroatoms. The average Bonchev–Trinajstić information content (AvgIpc) is 2.87. The Morgan fingerprint density at radius 2 is 1.81 bits per heavy atom. The van der Waals surface area contributed by atoms with Gasteiger partial charge in [0.15, 0.2) is 0 Å². The van der Waals surface area contributed by atoms with Gasteiger partial charge in [-0.25, -0.2) is 4.68 Å². The van der Waals surface area contributed by atoms with Gasteiger partial charge in [-0.3, -0.25) is 4.55 Å². The molecule has 2 aromatic carbocycles. The first kappa shape index (κ1) is 21.5. The third-order valence-corrected chi connectivity index (χ3v) is 4.62. The van der Waals surface area contributed by atoms with Crippen molar-refractivity contribution in [1.82, 2.24) is 9.78 Å². The first-order valence-electron chi connectivity index (χ1n) is 7.28. The van der Waals surface area contributed by atoms with Crippen LogP contribution in [0.4, 0.5) is 11.4 Å². The third-order valence-electron chi connectivity index (χ3n) is 3.45. The molecule has 1 aromatic heterocycles. The van der Waals surface area contributed by atoms with E-state index < -0.39 is 20.9 Å². The molecule has 27 heavy (non-hydrogen) atoms. The predicted molar refractivity (Wildman–Crippen MR) is 93.2 cm³/mol. The summed E-state index contributed by atoms with van der Waals surface area (Å²) in [5, 5.41) is 24.7. The quantitative estimate of drug-likeness (QED) is 0.380. The van der Waals surface area contributed by atoms with Crippen LogP contribution in [0.1, 0.15) is 5.69 Å². The molecule has 1 N–H and O–H groups in total. The minimum Gasteiger partial charge on any atom is -0.857 e. The van der Waals surface area contributed by atoms with E-state index >= 15 is 0 Å². The molecule has 0 unspecified atom stereocenters. The zero-order valence-corrected chi connectivity index (χ0v) is 17.9. The first-order valence-corrected chi connectivity index (χ1v) is 9.10. The summed E-state index contributed by atoms with van der Waals surface area (Å²) in [6.07, 6.45) is 0. The molecule has 0 saturated carbocycles. The van der Waals surface area contributed by atoms with E-state index in [9.17, 15) is 18.1 Å². The summed E-state index contributed by atoms with van der Waals surface area (Å²) in [5.74, 6) is -0.614. The van der Waals surface area contributed by atoms with Gasteiger partial charge in [0.1, 0.15) is 5.69 Å². The van der Waals surface area contributed by atoms with Gasteiger partial charge in [-0.1, -0.05) is 29.8 Å². The molecule has 0 atom stereocenters. The van der Waals surface area contributed by atoms with E-state index in [0.29, 0.717) is 11.4 Å². The maximum absolute atomic E-state index is 12.6. The van der Waals surface area contributed by atoms with E-state index in [1.807, 2.05) is 6.07 Å². The smallest absolute Gasteiger partial charge is 0.857 e. The van der Waals surface area contributed by atoms with E-state index in [0.717, 1.165) is 16.8 Å². The number of aryl methyl sites for hydroxylation is 1. The summed E-state index contributed by atoms with van der Waals surface area (Å²) in [6.45, 7) is 1.57. The van der Waals surface area contributed by atoms with Crippen molar-refractivity contribution in [3.05, 3.63) is 59.2 Å². The summed E-state index contributed by atoms with van der Waals surface area (Å²) in [5.41, 5.74) is 0.867. The second-order valence-electron chi connectivity index (χ2n) is 5.27. The van der Waals surface area contributed by atoms with Gasteiger partial charge in [0, 0.05) is 5.88 Å². The summed E-state index contributed by atoms with van der Waals surface area (Å²) < 4.78 is 32.7. The van der Waals surface area contributed by atoms with Crippen molar-refractivity contribution in [3.8, 4) is 11.6 Å². The molecule has 0 aliphatic rings. The number of azo groups is 1. The maximum atomic E-state index is 12.6.